The van der Waals surface area contributed by atoms with Gasteiger partial charge in [-0.1, -0.05) is 27.7 Å². The first kappa shape index (κ1) is 38.1. The molecule has 0 bridgehead atoms. The average Bonchev–Trinajstić information content (AvgIpc) is 3.31. The molecule has 0 atom stereocenters. The van der Waals surface area contributed by atoms with Gasteiger partial charge in [0.15, 0.2) is 18.1 Å². The van der Waals surface area contributed by atoms with E-state index in [1.807, 2.05) is 27.7 Å². The molecule has 0 amide bonds. The van der Waals surface area contributed by atoms with E-state index in [1.54, 1.807) is 47.6 Å². The summed E-state index contributed by atoms with van der Waals surface area (Å²) in [6.07, 6.45) is -2.50. The molecule has 0 aliphatic carbocycles. The van der Waals surface area contributed by atoms with Crippen LogP contribution in [0.2, 0.25) is 0 Å². The molecule has 47 heavy (non-hydrogen) atoms. The van der Waals surface area contributed by atoms with Gasteiger partial charge < -0.3 is 4.74 Å². The van der Waals surface area contributed by atoms with Gasteiger partial charge in [0.2, 0.25) is 0 Å². The Morgan fingerprint density at radius 3 is 2.04 bits per heavy atom. The summed E-state index contributed by atoms with van der Waals surface area (Å²) in [6.45, 7) is 16.9. The Labute approximate surface area is 271 Å². The zero-order valence-electron chi connectivity index (χ0n) is 28.1. The molecule has 0 fully saturated rings. The van der Waals surface area contributed by atoms with E-state index in [-0.39, 0.29) is 23.0 Å². The van der Waals surface area contributed by atoms with Gasteiger partial charge in [-0.05, 0) is 83.4 Å². The van der Waals surface area contributed by atoms with E-state index in [0.717, 1.165) is 22.7 Å². The number of phosphoric ester groups is 1. The van der Waals surface area contributed by atoms with Gasteiger partial charge in [0.05, 0.1) is 28.8 Å². The minimum atomic E-state index is -4.93. The van der Waals surface area contributed by atoms with Crippen LogP contribution in [0, 0.1) is 11.6 Å². The number of ether oxygens (including phenoxy) is 1. The summed E-state index contributed by atoms with van der Waals surface area (Å²) in [5.41, 5.74) is -3.17. The molecule has 0 unspecified atom stereocenters. The lowest BCUT2D eigenvalue weighted by molar-refractivity contribution is -0.140. The van der Waals surface area contributed by atoms with Crippen molar-refractivity contribution in [3.63, 3.8) is 0 Å². The molecule has 258 valence electrons. The van der Waals surface area contributed by atoms with Gasteiger partial charge in [-0.2, -0.15) is 13.2 Å². The van der Waals surface area contributed by atoms with Crippen molar-refractivity contribution in [1.29, 1.82) is 0 Å². The summed E-state index contributed by atoms with van der Waals surface area (Å²) < 4.78 is 108. The Morgan fingerprint density at radius 1 is 0.894 bits per heavy atom. The minimum Gasteiger partial charge on any atom is -0.467 e. The highest BCUT2D eigenvalue weighted by Gasteiger charge is 2.40. The highest BCUT2D eigenvalue weighted by molar-refractivity contribution is 7.48. The quantitative estimate of drug-likeness (QED) is 0.0985. The number of alkyl halides is 3. The molecule has 0 spiro atoms. The number of hydrogen-bond donors (Lipinski definition) is 0. The number of imidazole rings is 1. The van der Waals surface area contributed by atoms with Crippen molar-refractivity contribution in [2.24, 2.45) is 0 Å². The maximum absolute atomic E-state index is 15.5. The second-order valence-corrected chi connectivity index (χ2v) is 14.1. The van der Waals surface area contributed by atoms with Gasteiger partial charge >= 0.3 is 14.0 Å². The molecule has 14 heteroatoms. The number of phosphoric acid groups is 1. The fourth-order valence-electron chi connectivity index (χ4n) is 4.38. The van der Waals surface area contributed by atoms with Crippen molar-refractivity contribution in [3.05, 3.63) is 71.7 Å². The monoisotopic (exact) mass is 685 g/mol. The topological polar surface area (TPSA) is 84.2 Å². The van der Waals surface area contributed by atoms with Crippen molar-refractivity contribution in [2.45, 2.75) is 92.5 Å². The lowest BCUT2D eigenvalue weighted by Gasteiger charge is -2.30. The maximum Gasteiger partial charge on any atom is 0.478 e. The zero-order chi connectivity index (χ0) is 35.5. The van der Waals surface area contributed by atoms with Gasteiger partial charge in [-0.25, -0.2) is 22.9 Å². The Hall–Kier alpha value is -3.38. The van der Waals surface area contributed by atoms with E-state index < -0.39 is 60.6 Å². The van der Waals surface area contributed by atoms with Crippen LogP contribution >= 0.6 is 7.82 Å². The van der Waals surface area contributed by atoms with Crippen LogP contribution in [0.4, 0.5) is 22.0 Å². The third-order valence-corrected chi connectivity index (χ3v) is 8.06. The molecule has 8 nitrogen and oxygen atoms in total. The number of halogens is 5. The van der Waals surface area contributed by atoms with Gasteiger partial charge in [-0.15, -0.1) is 0 Å². The fourth-order valence-corrected chi connectivity index (χ4v) is 6.05. The molecule has 4 aromatic rings. The van der Waals surface area contributed by atoms with Crippen LogP contribution < -0.4 is 4.74 Å². The van der Waals surface area contributed by atoms with E-state index in [2.05, 4.69) is 9.97 Å². The number of benzene rings is 2. The van der Waals surface area contributed by atoms with Crippen molar-refractivity contribution in [3.8, 4) is 28.3 Å². The predicted octanol–water partition coefficient (Wildman–Crippen LogP) is 10.6. The van der Waals surface area contributed by atoms with Crippen LogP contribution in [0.5, 0.6) is 5.75 Å². The van der Waals surface area contributed by atoms with Gasteiger partial charge in [0.25, 0.3) is 0 Å². The molecular formula is C33H41F5N3O5P. The number of fused-ring (bicyclic) bond motifs is 1. The maximum atomic E-state index is 15.5. The molecule has 2 heterocycles. The summed E-state index contributed by atoms with van der Waals surface area (Å²) in [4.78, 5) is 7.92. The Balaban J connectivity index is 0.00000294. The molecule has 2 aromatic heterocycles. The average molecular weight is 686 g/mol. The molecule has 0 N–H and O–H groups in total. The molecule has 2 aromatic carbocycles. The van der Waals surface area contributed by atoms with Crippen molar-refractivity contribution in [2.75, 3.05) is 6.79 Å². The number of hydrogen-bond acceptors (Lipinski definition) is 7. The summed E-state index contributed by atoms with van der Waals surface area (Å²) in [7, 11) is -4.14. The molecule has 0 saturated carbocycles. The highest BCUT2D eigenvalue weighted by Crippen LogP contribution is 2.55. The van der Waals surface area contributed by atoms with Gasteiger partial charge in [0, 0.05) is 23.4 Å². The molecule has 0 saturated heterocycles. The van der Waals surface area contributed by atoms with Crippen LogP contribution in [0.1, 0.15) is 86.4 Å². The predicted molar refractivity (Wildman–Crippen MR) is 170 cm³/mol. The highest BCUT2D eigenvalue weighted by atomic mass is 31.2. The molecule has 0 aliphatic heterocycles. The van der Waals surface area contributed by atoms with Crippen LogP contribution in [0.3, 0.4) is 0 Å². The van der Waals surface area contributed by atoms with Gasteiger partial charge in [-0.3, -0.25) is 18.4 Å². The Morgan fingerprint density at radius 2 is 1.51 bits per heavy atom. The van der Waals surface area contributed by atoms with Crippen LogP contribution in [0.15, 0.2) is 48.8 Å². The smallest absolute Gasteiger partial charge is 0.467 e. The number of rotatable bonds is 9. The minimum absolute atomic E-state index is 0.119. The summed E-state index contributed by atoms with van der Waals surface area (Å²) >= 11 is 0. The molecular weight excluding hydrogens is 644 g/mol. The Bertz CT molecular complexity index is 1720. The van der Waals surface area contributed by atoms with E-state index >= 15 is 4.39 Å². The van der Waals surface area contributed by atoms with Crippen LogP contribution in [0.25, 0.3) is 28.2 Å². The third kappa shape index (κ3) is 9.82. The number of aromatic nitrogens is 3. The molecule has 0 aliphatic rings. The van der Waals surface area contributed by atoms with Crippen molar-refractivity contribution < 1.29 is 44.8 Å². The largest absolute Gasteiger partial charge is 0.478 e. The second-order valence-electron chi connectivity index (χ2n) is 12.6. The molecule has 0 radical (unpaired) electrons. The third-order valence-electron chi connectivity index (χ3n) is 6.09. The zero-order valence-corrected chi connectivity index (χ0v) is 29.0. The summed E-state index contributed by atoms with van der Waals surface area (Å²) in [6, 6.07) is 7.51. The lowest BCUT2D eigenvalue weighted by atomic mass is 9.99. The van der Waals surface area contributed by atoms with E-state index in [1.165, 1.54) is 24.4 Å². The van der Waals surface area contributed by atoms with E-state index in [9.17, 15) is 22.1 Å². The lowest BCUT2D eigenvalue weighted by Crippen LogP contribution is -2.25. The second kappa shape index (κ2) is 14.4. The first-order valence-corrected chi connectivity index (χ1v) is 16.5. The van der Waals surface area contributed by atoms with Crippen LogP contribution in [-0.2, 0) is 24.3 Å². The first-order chi connectivity index (χ1) is 21.7. The SMILES string of the molecule is CC.CC(C)c1cc(-c2cn3c(-c4ccc(OCOP(=O)(OC(C)(C)C)OC(C)(C)C)cc4F)c(C(F)(F)F)nc3cn2)ccc1F. The van der Waals surface area contributed by atoms with E-state index in [4.69, 9.17) is 18.3 Å². The normalized spacial score (nSPS) is 12.8. The molecule has 4 rings (SSSR count). The standard InChI is InChI=1S/C31H35F5N3O5P.C2H6/c1-18(2)22-13-19(9-12-23(22)32)25-16-39-26(15-37-25)38-28(31(34,35)36)27(39)21-11-10-20(14-24(21)33)41-17-42-45(40,43-29(3,4)5)44-30(6,7)8;1-2/h9-16,18H,17H2,1-8H3;1-2H3. The van der Waals surface area contributed by atoms with Gasteiger partial charge in [0.1, 0.15) is 17.4 Å². The first-order valence-electron chi connectivity index (χ1n) is 15.0. The number of nitrogens with zero attached hydrogens (tertiary/aromatic N) is 3. The van der Waals surface area contributed by atoms with Crippen LogP contribution in [-0.4, -0.2) is 32.4 Å². The summed E-state index contributed by atoms with van der Waals surface area (Å²) in [5.74, 6) is -1.74. The summed E-state index contributed by atoms with van der Waals surface area (Å²) in [5, 5.41) is 0. The van der Waals surface area contributed by atoms with Crippen molar-refractivity contribution in [1.82, 2.24) is 14.4 Å². The fraction of sp³-hybridized carbons (Fsp3) is 0.455. The van der Waals surface area contributed by atoms with E-state index in [0.29, 0.717) is 11.1 Å². The van der Waals surface area contributed by atoms with Crippen molar-refractivity contribution >= 4 is 13.5 Å². The Kier molecular flexibility index (Phi) is 11.7.